The molecule has 3 fully saturated rings. The Bertz CT molecular complexity index is 500. The van der Waals surface area contributed by atoms with Crippen LogP contribution in [0.4, 0.5) is 0 Å². The largest absolute Gasteiger partial charge is 0.303 e. The van der Waals surface area contributed by atoms with Crippen molar-refractivity contribution in [1.29, 1.82) is 0 Å². The van der Waals surface area contributed by atoms with Crippen LogP contribution in [0.25, 0.3) is 0 Å². The highest BCUT2D eigenvalue weighted by atomic mass is 15.2. The predicted octanol–water partition coefficient (Wildman–Crippen LogP) is 3.45. The Hall–Kier alpha value is -0.860. The lowest BCUT2D eigenvalue weighted by molar-refractivity contribution is 0.0181. The minimum absolute atomic E-state index is 0.768. The van der Waals surface area contributed by atoms with Crippen LogP contribution in [0.15, 0.2) is 30.3 Å². The fourth-order valence-electron chi connectivity index (χ4n) is 5.71. The molecule has 1 saturated carbocycles. The first kappa shape index (κ1) is 14.7. The molecule has 0 spiro atoms. The van der Waals surface area contributed by atoms with Gasteiger partial charge in [-0.05, 0) is 68.6 Å². The third-order valence-corrected chi connectivity index (χ3v) is 6.83. The zero-order valence-electron chi connectivity index (χ0n) is 14.1. The second-order valence-corrected chi connectivity index (χ2v) is 7.79. The molecule has 0 aromatic heterocycles. The fraction of sp³-hybridized carbons (Fsp3) is 0.700. The molecule has 0 bridgehead atoms. The van der Waals surface area contributed by atoms with Crippen molar-refractivity contribution >= 4 is 0 Å². The van der Waals surface area contributed by atoms with Crippen LogP contribution < -0.4 is 0 Å². The maximum Gasteiger partial charge on any atom is 0.0130 e. The SMILES string of the molecule is CCN1CC2C(c3ccccc3)CC3C(CCCN3C)C2C1. The van der Waals surface area contributed by atoms with Gasteiger partial charge in [-0.3, -0.25) is 0 Å². The summed E-state index contributed by atoms with van der Waals surface area (Å²) in [6, 6.07) is 12.2. The lowest BCUT2D eigenvalue weighted by Gasteiger charge is -2.50. The molecule has 22 heavy (non-hydrogen) atoms. The number of hydrogen-bond acceptors (Lipinski definition) is 2. The van der Waals surface area contributed by atoms with E-state index in [1.54, 1.807) is 5.56 Å². The minimum Gasteiger partial charge on any atom is -0.303 e. The first-order chi connectivity index (χ1) is 10.8. The van der Waals surface area contributed by atoms with E-state index >= 15 is 0 Å². The fourth-order valence-corrected chi connectivity index (χ4v) is 5.71. The molecule has 1 aromatic carbocycles. The maximum atomic E-state index is 2.71. The van der Waals surface area contributed by atoms with Crippen LogP contribution in [0.3, 0.4) is 0 Å². The van der Waals surface area contributed by atoms with Crippen LogP contribution in [-0.4, -0.2) is 49.1 Å². The van der Waals surface area contributed by atoms with Crippen molar-refractivity contribution in [3.63, 3.8) is 0 Å². The Kier molecular flexibility index (Phi) is 4.00. The minimum atomic E-state index is 0.768. The van der Waals surface area contributed by atoms with Crippen LogP contribution in [0.1, 0.15) is 37.7 Å². The number of benzene rings is 1. The van der Waals surface area contributed by atoms with Gasteiger partial charge >= 0.3 is 0 Å². The van der Waals surface area contributed by atoms with Crippen molar-refractivity contribution in [1.82, 2.24) is 9.80 Å². The zero-order chi connectivity index (χ0) is 15.1. The smallest absolute Gasteiger partial charge is 0.0130 e. The van der Waals surface area contributed by atoms with Crippen molar-refractivity contribution in [2.75, 3.05) is 33.2 Å². The van der Waals surface area contributed by atoms with E-state index < -0.39 is 0 Å². The Labute approximate surface area is 135 Å². The number of nitrogens with zero attached hydrogens (tertiary/aromatic N) is 2. The Morgan fingerprint density at radius 3 is 2.59 bits per heavy atom. The number of likely N-dealkylation sites (tertiary alicyclic amines) is 2. The van der Waals surface area contributed by atoms with Crippen LogP contribution in [-0.2, 0) is 0 Å². The lowest BCUT2D eigenvalue weighted by Crippen LogP contribution is -2.52. The van der Waals surface area contributed by atoms with Crippen molar-refractivity contribution in [3.05, 3.63) is 35.9 Å². The third kappa shape index (κ3) is 2.41. The second kappa shape index (κ2) is 5.98. The summed E-state index contributed by atoms with van der Waals surface area (Å²) in [5.41, 5.74) is 1.59. The van der Waals surface area contributed by atoms with Gasteiger partial charge in [-0.2, -0.15) is 0 Å². The molecule has 2 heteroatoms. The lowest BCUT2D eigenvalue weighted by atomic mass is 9.61. The molecule has 5 unspecified atom stereocenters. The van der Waals surface area contributed by atoms with Crippen LogP contribution in [0, 0.1) is 17.8 Å². The summed E-state index contributed by atoms with van der Waals surface area (Å²) in [5, 5.41) is 0. The van der Waals surface area contributed by atoms with E-state index in [-0.39, 0.29) is 0 Å². The summed E-state index contributed by atoms with van der Waals surface area (Å²) in [5.74, 6) is 3.52. The maximum absolute atomic E-state index is 2.71. The molecule has 2 saturated heterocycles. The molecule has 2 aliphatic heterocycles. The van der Waals surface area contributed by atoms with Gasteiger partial charge in [-0.25, -0.2) is 0 Å². The molecule has 1 aromatic rings. The van der Waals surface area contributed by atoms with E-state index in [1.807, 2.05) is 0 Å². The van der Waals surface area contributed by atoms with E-state index in [2.05, 4.69) is 54.1 Å². The molecule has 2 nitrogen and oxygen atoms in total. The highest BCUT2D eigenvalue weighted by molar-refractivity contribution is 5.24. The molecule has 0 N–H and O–H groups in total. The summed E-state index contributed by atoms with van der Waals surface area (Å²) >= 11 is 0. The molecule has 120 valence electrons. The van der Waals surface area contributed by atoms with E-state index in [9.17, 15) is 0 Å². The van der Waals surface area contributed by atoms with Gasteiger partial charge in [0.2, 0.25) is 0 Å². The van der Waals surface area contributed by atoms with E-state index in [0.29, 0.717) is 0 Å². The molecule has 1 aliphatic carbocycles. The Morgan fingerprint density at radius 2 is 1.82 bits per heavy atom. The van der Waals surface area contributed by atoms with E-state index in [0.717, 1.165) is 29.7 Å². The first-order valence-electron chi connectivity index (χ1n) is 9.25. The number of fused-ring (bicyclic) bond motifs is 3. The first-order valence-corrected chi connectivity index (χ1v) is 9.25. The van der Waals surface area contributed by atoms with Gasteiger partial charge in [-0.15, -0.1) is 0 Å². The van der Waals surface area contributed by atoms with Gasteiger partial charge in [0.25, 0.3) is 0 Å². The molecule has 3 aliphatic rings. The van der Waals surface area contributed by atoms with Gasteiger partial charge in [-0.1, -0.05) is 37.3 Å². The predicted molar refractivity (Wildman–Crippen MR) is 92.0 cm³/mol. The third-order valence-electron chi connectivity index (χ3n) is 6.83. The molecular formula is C20H30N2. The average molecular weight is 298 g/mol. The van der Waals surface area contributed by atoms with Crippen LogP contribution in [0.2, 0.25) is 0 Å². The second-order valence-electron chi connectivity index (χ2n) is 7.79. The molecule has 0 amide bonds. The van der Waals surface area contributed by atoms with Gasteiger partial charge in [0.05, 0.1) is 0 Å². The summed E-state index contributed by atoms with van der Waals surface area (Å²) in [7, 11) is 2.37. The Morgan fingerprint density at radius 1 is 1.05 bits per heavy atom. The summed E-state index contributed by atoms with van der Waals surface area (Å²) in [4.78, 5) is 5.39. The van der Waals surface area contributed by atoms with E-state index in [1.165, 1.54) is 45.4 Å². The van der Waals surface area contributed by atoms with Crippen LogP contribution in [0.5, 0.6) is 0 Å². The van der Waals surface area contributed by atoms with Crippen LogP contribution >= 0.6 is 0 Å². The van der Waals surface area contributed by atoms with Crippen molar-refractivity contribution in [2.24, 2.45) is 17.8 Å². The van der Waals surface area contributed by atoms with Crippen molar-refractivity contribution < 1.29 is 0 Å². The van der Waals surface area contributed by atoms with E-state index in [4.69, 9.17) is 0 Å². The molecule has 4 rings (SSSR count). The standard InChI is InChI=1S/C20H30N2/c1-3-22-13-18-16-10-7-11-21(2)20(16)12-17(19(18)14-22)15-8-5-4-6-9-15/h4-6,8-9,16-20H,3,7,10-14H2,1-2H3. The van der Waals surface area contributed by atoms with Crippen molar-refractivity contribution in [3.8, 4) is 0 Å². The molecular weight excluding hydrogens is 268 g/mol. The number of rotatable bonds is 2. The van der Waals surface area contributed by atoms with Gasteiger partial charge < -0.3 is 9.80 Å². The molecule has 2 heterocycles. The number of piperidine rings is 1. The highest BCUT2D eigenvalue weighted by Crippen LogP contribution is 2.51. The quantitative estimate of drug-likeness (QED) is 0.825. The zero-order valence-corrected chi connectivity index (χ0v) is 14.1. The van der Waals surface area contributed by atoms with Gasteiger partial charge in [0.15, 0.2) is 0 Å². The molecule has 5 atom stereocenters. The number of hydrogen-bond donors (Lipinski definition) is 0. The monoisotopic (exact) mass is 298 g/mol. The molecule has 0 radical (unpaired) electrons. The normalized spacial score (nSPS) is 39.5. The highest BCUT2D eigenvalue weighted by Gasteiger charge is 2.50. The Balaban J connectivity index is 1.67. The summed E-state index contributed by atoms with van der Waals surface area (Å²) in [6.07, 6.45) is 4.25. The summed E-state index contributed by atoms with van der Waals surface area (Å²) < 4.78 is 0. The topological polar surface area (TPSA) is 6.48 Å². The van der Waals surface area contributed by atoms with Gasteiger partial charge in [0, 0.05) is 19.1 Å². The average Bonchev–Trinajstić information content (AvgIpc) is 3.00. The van der Waals surface area contributed by atoms with Gasteiger partial charge in [0.1, 0.15) is 0 Å². The van der Waals surface area contributed by atoms with Crippen molar-refractivity contribution in [2.45, 2.75) is 38.1 Å². The summed E-state index contributed by atoms with van der Waals surface area (Å²) in [6.45, 7) is 7.53.